The van der Waals surface area contributed by atoms with Gasteiger partial charge in [0.25, 0.3) is 5.91 Å². The SMILES string of the molecule is Nc1cc(C(=O)NCCN2CCCCCC2)c(F)cc1F. The van der Waals surface area contributed by atoms with E-state index in [0.29, 0.717) is 12.6 Å². The Morgan fingerprint density at radius 2 is 1.81 bits per heavy atom. The van der Waals surface area contributed by atoms with E-state index in [2.05, 4.69) is 10.2 Å². The molecule has 0 atom stereocenters. The van der Waals surface area contributed by atoms with Crippen LogP contribution in [0.1, 0.15) is 36.0 Å². The minimum atomic E-state index is -0.894. The van der Waals surface area contributed by atoms with Gasteiger partial charge in [-0.1, -0.05) is 12.8 Å². The highest BCUT2D eigenvalue weighted by Crippen LogP contribution is 2.16. The number of benzene rings is 1. The van der Waals surface area contributed by atoms with Crippen molar-refractivity contribution in [3.8, 4) is 0 Å². The summed E-state index contributed by atoms with van der Waals surface area (Å²) in [6.45, 7) is 3.25. The van der Waals surface area contributed by atoms with Gasteiger partial charge in [-0.25, -0.2) is 8.78 Å². The summed E-state index contributed by atoms with van der Waals surface area (Å²) in [5.74, 6) is -2.31. The third-order valence-electron chi connectivity index (χ3n) is 3.74. The summed E-state index contributed by atoms with van der Waals surface area (Å²) in [7, 11) is 0. The van der Waals surface area contributed by atoms with Crippen LogP contribution in [0.2, 0.25) is 0 Å². The molecular formula is C15H21F2N3O. The van der Waals surface area contributed by atoms with E-state index in [1.165, 1.54) is 25.7 Å². The van der Waals surface area contributed by atoms with Gasteiger partial charge >= 0.3 is 0 Å². The van der Waals surface area contributed by atoms with Crippen molar-refractivity contribution < 1.29 is 13.6 Å². The summed E-state index contributed by atoms with van der Waals surface area (Å²) in [6.07, 6.45) is 4.86. The molecule has 4 nitrogen and oxygen atoms in total. The van der Waals surface area contributed by atoms with Crippen LogP contribution in [0.4, 0.5) is 14.5 Å². The van der Waals surface area contributed by atoms with E-state index in [1.807, 2.05) is 0 Å². The van der Waals surface area contributed by atoms with Crippen LogP contribution in [0.5, 0.6) is 0 Å². The van der Waals surface area contributed by atoms with E-state index in [4.69, 9.17) is 5.73 Å². The number of nitrogen functional groups attached to an aromatic ring is 1. The molecular weight excluding hydrogens is 276 g/mol. The average Bonchev–Trinajstić information content (AvgIpc) is 2.71. The lowest BCUT2D eigenvalue weighted by molar-refractivity contribution is 0.0944. The van der Waals surface area contributed by atoms with E-state index in [-0.39, 0.29) is 11.3 Å². The summed E-state index contributed by atoms with van der Waals surface area (Å²) in [6, 6.07) is 1.67. The van der Waals surface area contributed by atoms with E-state index in [1.54, 1.807) is 0 Å². The first kappa shape index (κ1) is 15.7. The number of hydrogen-bond donors (Lipinski definition) is 2. The number of likely N-dealkylation sites (tertiary alicyclic amines) is 1. The number of anilines is 1. The first-order valence-electron chi connectivity index (χ1n) is 7.33. The maximum Gasteiger partial charge on any atom is 0.254 e. The van der Waals surface area contributed by atoms with Gasteiger partial charge in [-0.2, -0.15) is 0 Å². The van der Waals surface area contributed by atoms with Crippen LogP contribution in [0, 0.1) is 11.6 Å². The Bertz CT molecular complexity index is 500. The number of carbonyl (C=O) groups is 1. The van der Waals surface area contributed by atoms with Gasteiger partial charge in [0.2, 0.25) is 0 Å². The number of rotatable bonds is 4. The monoisotopic (exact) mass is 297 g/mol. The minimum absolute atomic E-state index is 0.218. The topological polar surface area (TPSA) is 58.4 Å². The lowest BCUT2D eigenvalue weighted by Gasteiger charge is -2.19. The summed E-state index contributed by atoms with van der Waals surface area (Å²) in [5, 5.41) is 2.66. The van der Waals surface area contributed by atoms with Gasteiger partial charge in [0.15, 0.2) is 0 Å². The quantitative estimate of drug-likeness (QED) is 0.837. The average molecular weight is 297 g/mol. The van der Waals surface area contributed by atoms with Gasteiger partial charge < -0.3 is 16.0 Å². The molecule has 2 rings (SSSR count). The first-order valence-corrected chi connectivity index (χ1v) is 7.33. The number of hydrogen-bond acceptors (Lipinski definition) is 3. The molecule has 1 amide bonds. The molecule has 1 heterocycles. The summed E-state index contributed by atoms with van der Waals surface area (Å²) in [5.41, 5.74) is 4.91. The van der Waals surface area contributed by atoms with Crippen molar-refractivity contribution in [2.45, 2.75) is 25.7 Å². The van der Waals surface area contributed by atoms with Gasteiger partial charge in [0.1, 0.15) is 11.6 Å². The number of nitrogens with one attached hydrogen (secondary N) is 1. The number of amides is 1. The lowest BCUT2D eigenvalue weighted by atomic mass is 10.1. The molecule has 0 spiro atoms. The van der Waals surface area contributed by atoms with Crippen molar-refractivity contribution in [3.05, 3.63) is 29.3 Å². The highest BCUT2D eigenvalue weighted by Gasteiger charge is 2.15. The Kier molecular flexibility index (Phi) is 5.50. The van der Waals surface area contributed by atoms with Crippen LogP contribution >= 0.6 is 0 Å². The molecule has 0 radical (unpaired) electrons. The molecule has 1 aliphatic heterocycles. The predicted molar refractivity (Wildman–Crippen MR) is 78.0 cm³/mol. The zero-order valence-electron chi connectivity index (χ0n) is 12.0. The molecule has 6 heteroatoms. The fourth-order valence-electron chi connectivity index (χ4n) is 2.52. The van der Waals surface area contributed by atoms with Gasteiger partial charge in [-0.05, 0) is 32.0 Å². The van der Waals surface area contributed by atoms with Crippen molar-refractivity contribution in [2.75, 3.05) is 31.9 Å². The van der Waals surface area contributed by atoms with Crippen LogP contribution in [0.25, 0.3) is 0 Å². The van der Waals surface area contributed by atoms with Gasteiger partial charge in [-0.3, -0.25) is 4.79 Å². The Balaban J connectivity index is 1.85. The molecule has 1 aliphatic rings. The first-order chi connectivity index (χ1) is 10.1. The normalized spacial score (nSPS) is 16.5. The smallest absolute Gasteiger partial charge is 0.254 e. The molecule has 0 saturated carbocycles. The van der Waals surface area contributed by atoms with E-state index in [9.17, 15) is 13.6 Å². The molecule has 21 heavy (non-hydrogen) atoms. The molecule has 116 valence electrons. The largest absolute Gasteiger partial charge is 0.396 e. The highest BCUT2D eigenvalue weighted by atomic mass is 19.1. The van der Waals surface area contributed by atoms with Crippen molar-refractivity contribution in [2.24, 2.45) is 0 Å². The van der Waals surface area contributed by atoms with Crippen molar-refractivity contribution in [1.29, 1.82) is 0 Å². The number of halogens is 2. The Labute approximate surface area is 123 Å². The molecule has 1 fully saturated rings. The second-order valence-corrected chi connectivity index (χ2v) is 5.37. The van der Waals surface area contributed by atoms with E-state index >= 15 is 0 Å². The minimum Gasteiger partial charge on any atom is -0.396 e. The molecule has 3 N–H and O–H groups in total. The maximum atomic E-state index is 13.5. The third-order valence-corrected chi connectivity index (χ3v) is 3.74. The molecule has 0 aromatic heterocycles. The van der Waals surface area contributed by atoms with E-state index < -0.39 is 17.5 Å². The molecule has 1 saturated heterocycles. The number of carbonyl (C=O) groups excluding carboxylic acids is 1. The van der Waals surface area contributed by atoms with Crippen molar-refractivity contribution in [1.82, 2.24) is 10.2 Å². The second kappa shape index (κ2) is 7.36. The predicted octanol–water partition coefficient (Wildman–Crippen LogP) is 2.15. The molecule has 0 aliphatic carbocycles. The Hall–Kier alpha value is -1.69. The van der Waals surface area contributed by atoms with Crippen LogP contribution < -0.4 is 11.1 Å². The van der Waals surface area contributed by atoms with Crippen LogP contribution in [0.3, 0.4) is 0 Å². The lowest BCUT2D eigenvalue weighted by Crippen LogP contribution is -2.35. The number of nitrogens with zero attached hydrogens (tertiary/aromatic N) is 1. The Morgan fingerprint density at radius 1 is 1.14 bits per heavy atom. The van der Waals surface area contributed by atoms with Crippen LogP contribution in [0.15, 0.2) is 12.1 Å². The molecule has 1 aromatic carbocycles. The Morgan fingerprint density at radius 3 is 2.48 bits per heavy atom. The third kappa shape index (κ3) is 4.39. The zero-order chi connectivity index (χ0) is 15.2. The number of nitrogens with two attached hydrogens (primary N) is 1. The molecule has 1 aromatic rings. The molecule has 0 unspecified atom stereocenters. The summed E-state index contributed by atoms with van der Waals surface area (Å²) < 4.78 is 26.6. The van der Waals surface area contributed by atoms with Gasteiger partial charge in [-0.15, -0.1) is 0 Å². The fourth-order valence-corrected chi connectivity index (χ4v) is 2.52. The van der Waals surface area contributed by atoms with Crippen molar-refractivity contribution in [3.63, 3.8) is 0 Å². The van der Waals surface area contributed by atoms with E-state index in [0.717, 1.165) is 25.7 Å². The second-order valence-electron chi connectivity index (χ2n) is 5.37. The highest BCUT2D eigenvalue weighted by molar-refractivity contribution is 5.95. The maximum absolute atomic E-state index is 13.5. The summed E-state index contributed by atoms with van der Waals surface area (Å²) in [4.78, 5) is 14.2. The fraction of sp³-hybridized carbons (Fsp3) is 0.533. The van der Waals surface area contributed by atoms with Crippen molar-refractivity contribution >= 4 is 11.6 Å². The van der Waals surface area contributed by atoms with Gasteiger partial charge in [0, 0.05) is 19.2 Å². The molecule has 0 bridgehead atoms. The zero-order valence-corrected chi connectivity index (χ0v) is 12.0. The summed E-state index contributed by atoms with van der Waals surface area (Å²) >= 11 is 0. The standard InChI is InChI=1S/C15H21F2N3O/c16-12-10-13(17)14(18)9-11(12)15(21)19-5-8-20-6-3-1-2-4-7-20/h9-10H,1-8,18H2,(H,19,21). The van der Waals surface area contributed by atoms with Gasteiger partial charge in [0.05, 0.1) is 11.3 Å². The van der Waals surface area contributed by atoms with Crippen LogP contribution in [-0.4, -0.2) is 37.0 Å². The van der Waals surface area contributed by atoms with Crippen LogP contribution in [-0.2, 0) is 0 Å².